The molecule has 0 fully saturated rings. The Balaban J connectivity index is 1.45. The number of carbonyl (C=O) groups is 1. The van der Waals surface area contributed by atoms with Gasteiger partial charge < -0.3 is 14.8 Å². The van der Waals surface area contributed by atoms with Gasteiger partial charge in [0.15, 0.2) is 11.5 Å². The number of sulfonamides is 2. The lowest BCUT2D eigenvalue weighted by atomic mass is 10.2. The molecule has 10 nitrogen and oxygen atoms in total. The van der Waals surface area contributed by atoms with Crippen molar-refractivity contribution < 1.29 is 31.1 Å². The van der Waals surface area contributed by atoms with Crippen LogP contribution in [-0.4, -0.2) is 42.3 Å². The maximum atomic E-state index is 12.6. The molecule has 0 saturated carbocycles. The summed E-state index contributed by atoms with van der Waals surface area (Å²) < 4.78 is 63.6. The van der Waals surface area contributed by atoms with Crippen molar-refractivity contribution >= 4 is 43.0 Å². The molecule has 0 bridgehead atoms. The lowest BCUT2D eigenvalue weighted by Crippen LogP contribution is -2.37. The maximum absolute atomic E-state index is 12.6. The minimum absolute atomic E-state index is 0.00692. The predicted octanol–water partition coefficient (Wildman–Crippen LogP) is 2.62. The third-order valence-electron chi connectivity index (χ3n) is 4.81. The Hall–Kier alpha value is -3.77. The molecular formula is C22H21N3O7S2. The molecule has 3 aromatic rings. The number of hydrogen-bond donors (Lipinski definition) is 2. The molecule has 0 radical (unpaired) electrons. The maximum Gasteiger partial charge on any atom is 0.261 e. The van der Waals surface area contributed by atoms with Gasteiger partial charge in [-0.05, 0) is 48.5 Å². The summed E-state index contributed by atoms with van der Waals surface area (Å²) in [5, 5.41) is 2.58. The average Bonchev–Trinajstić information content (AvgIpc) is 3.25. The predicted molar refractivity (Wildman–Crippen MR) is 127 cm³/mol. The molecule has 0 spiro atoms. The number of amides is 1. The Bertz CT molecular complexity index is 1410. The minimum Gasteiger partial charge on any atom is -0.454 e. The third-order valence-corrected chi connectivity index (χ3v) is 7.34. The first-order valence-electron chi connectivity index (χ1n) is 9.97. The quantitative estimate of drug-likeness (QED) is 0.483. The van der Waals surface area contributed by atoms with Gasteiger partial charge in [-0.25, -0.2) is 16.8 Å². The molecule has 178 valence electrons. The van der Waals surface area contributed by atoms with Crippen LogP contribution in [0, 0.1) is 0 Å². The Morgan fingerprint density at radius 2 is 1.56 bits per heavy atom. The van der Waals surface area contributed by atoms with Crippen molar-refractivity contribution in [3.8, 4) is 11.5 Å². The van der Waals surface area contributed by atoms with Crippen LogP contribution in [0.5, 0.6) is 11.5 Å². The van der Waals surface area contributed by atoms with E-state index in [0.717, 1.165) is 10.6 Å². The van der Waals surface area contributed by atoms with Crippen molar-refractivity contribution in [2.24, 2.45) is 0 Å². The highest BCUT2D eigenvalue weighted by molar-refractivity contribution is 7.92. The van der Waals surface area contributed by atoms with Crippen molar-refractivity contribution in [1.82, 2.24) is 0 Å². The van der Waals surface area contributed by atoms with Gasteiger partial charge in [0, 0.05) is 17.4 Å². The van der Waals surface area contributed by atoms with Gasteiger partial charge in [-0.3, -0.25) is 13.8 Å². The number of hydrogen-bond acceptors (Lipinski definition) is 7. The monoisotopic (exact) mass is 503 g/mol. The van der Waals surface area contributed by atoms with Crippen molar-refractivity contribution in [3.05, 3.63) is 72.8 Å². The van der Waals surface area contributed by atoms with Crippen LogP contribution < -0.4 is 23.8 Å². The van der Waals surface area contributed by atoms with Gasteiger partial charge >= 0.3 is 0 Å². The number of carbonyl (C=O) groups excluding carboxylic acids is 1. The summed E-state index contributed by atoms with van der Waals surface area (Å²) in [5.41, 5.74) is 0.974. The fourth-order valence-corrected chi connectivity index (χ4v) is 5.12. The summed E-state index contributed by atoms with van der Waals surface area (Å²) in [5.74, 6) is 0.257. The van der Waals surface area contributed by atoms with Crippen LogP contribution in [0.1, 0.15) is 0 Å². The lowest BCUT2D eigenvalue weighted by molar-refractivity contribution is -0.114. The van der Waals surface area contributed by atoms with Gasteiger partial charge in [0.25, 0.3) is 10.0 Å². The first-order valence-corrected chi connectivity index (χ1v) is 13.3. The molecule has 3 aromatic carbocycles. The first-order chi connectivity index (χ1) is 16.1. The zero-order chi connectivity index (χ0) is 24.3. The molecule has 1 amide bonds. The van der Waals surface area contributed by atoms with Crippen molar-refractivity contribution in [1.29, 1.82) is 0 Å². The van der Waals surface area contributed by atoms with Crippen molar-refractivity contribution in [2.75, 3.05) is 33.9 Å². The van der Waals surface area contributed by atoms with E-state index in [2.05, 4.69) is 10.0 Å². The number of rotatable bonds is 8. The number of ether oxygens (including phenoxy) is 2. The standard InChI is InChI=1S/C22H21N3O7S2/c1-33(27,28)25(18-9-12-20-21(13-18)32-15-31-20)14-22(26)23-16-7-10-19(11-8-16)34(29,30)24-17-5-3-2-4-6-17/h2-13,24H,14-15H2,1H3,(H,23,26). The number of nitrogens with zero attached hydrogens (tertiary/aromatic N) is 1. The van der Waals surface area contributed by atoms with Gasteiger partial charge in [-0.1, -0.05) is 18.2 Å². The highest BCUT2D eigenvalue weighted by Crippen LogP contribution is 2.36. The normalized spacial score (nSPS) is 12.7. The summed E-state index contributed by atoms with van der Waals surface area (Å²) in [4.78, 5) is 12.6. The van der Waals surface area contributed by atoms with Gasteiger partial charge in [-0.15, -0.1) is 0 Å². The van der Waals surface area contributed by atoms with E-state index < -0.39 is 32.5 Å². The Labute approximate surface area is 197 Å². The second-order valence-electron chi connectivity index (χ2n) is 7.35. The molecule has 1 aliphatic rings. The molecule has 4 rings (SSSR count). The minimum atomic E-state index is -3.81. The molecule has 1 heterocycles. The molecule has 12 heteroatoms. The summed E-state index contributed by atoms with van der Waals surface area (Å²) in [6.45, 7) is -0.460. The molecule has 1 aliphatic heterocycles. The van der Waals surface area contributed by atoms with E-state index in [1.165, 1.54) is 36.4 Å². The smallest absolute Gasteiger partial charge is 0.261 e. The Morgan fingerprint density at radius 3 is 2.24 bits per heavy atom. The lowest BCUT2D eigenvalue weighted by Gasteiger charge is -2.22. The molecule has 0 unspecified atom stereocenters. The Morgan fingerprint density at radius 1 is 0.882 bits per heavy atom. The van der Waals surface area contributed by atoms with E-state index in [0.29, 0.717) is 22.9 Å². The number of anilines is 3. The number of nitrogens with one attached hydrogen (secondary N) is 2. The zero-order valence-electron chi connectivity index (χ0n) is 18.0. The molecule has 34 heavy (non-hydrogen) atoms. The molecule has 0 aromatic heterocycles. The number of fused-ring (bicyclic) bond motifs is 1. The largest absolute Gasteiger partial charge is 0.454 e. The Kier molecular flexibility index (Phi) is 6.35. The molecule has 0 saturated heterocycles. The van der Waals surface area contributed by atoms with E-state index >= 15 is 0 Å². The van der Waals surface area contributed by atoms with Gasteiger partial charge in [0.2, 0.25) is 22.7 Å². The van der Waals surface area contributed by atoms with Crippen LogP contribution in [-0.2, 0) is 24.8 Å². The molecular weight excluding hydrogens is 482 g/mol. The third kappa shape index (κ3) is 5.41. The molecule has 0 atom stereocenters. The van der Waals surface area contributed by atoms with Crippen LogP contribution in [0.4, 0.5) is 17.1 Å². The zero-order valence-corrected chi connectivity index (χ0v) is 19.6. The van der Waals surface area contributed by atoms with Crippen LogP contribution in [0.25, 0.3) is 0 Å². The van der Waals surface area contributed by atoms with Crippen LogP contribution in [0.15, 0.2) is 77.7 Å². The van der Waals surface area contributed by atoms with Crippen LogP contribution in [0.3, 0.4) is 0 Å². The van der Waals surface area contributed by atoms with E-state index in [1.54, 1.807) is 36.4 Å². The van der Waals surface area contributed by atoms with E-state index in [9.17, 15) is 21.6 Å². The SMILES string of the molecule is CS(=O)(=O)N(CC(=O)Nc1ccc(S(=O)(=O)Nc2ccccc2)cc1)c1ccc2c(c1)OCO2. The highest BCUT2D eigenvalue weighted by atomic mass is 32.2. The second kappa shape index (κ2) is 9.23. The second-order valence-corrected chi connectivity index (χ2v) is 10.9. The molecule has 2 N–H and O–H groups in total. The fraction of sp³-hybridized carbons (Fsp3) is 0.136. The topological polar surface area (TPSA) is 131 Å². The molecule has 0 aliphatic carbocycles. The first kappa shape index (κ1) is 23.4. The van der Waals surface area contributed by atoms with Gasteiger partial charge in [0.05, 0.1) is 16.8 Å². The van der Waals surface area contributed by atoms with Crippen LogP contribution in [0.2, 0.25) is 0 Å². The van der Waals surface area contributed by atoms with Crippen molar-refractivity contribution in [2.45, 2.75) is 4.90 Å². The highest BCUT2D eigenvalue weighted by Gasteiger charge is 2.24. The summed E-state index contributed by atoms with van der Waals surface area (Å²) in [7, 11) is -7.60. The summed E-state index contributed by atoms with van der Waals surface area (Å²) in [6.07, 6.45) is 0.990. The van der Waals surface area contributed by atoms with E-state index in [-0.39, 0.29) is 17.4 Å². The van der Waals surface area contributed by atoms with Gasteiger partial charge in [-0.2, -0.15) is 0 Å². The van der Waals surface area contributed by atoms with Gasteiger partial charge in [0.1, 0.15) is 6.54 Å². The van der Waals surface area contributed by atoms with Crippen LogP contribution >= 0.6 is 0 Å². The average molecular weight is 504 g/mol. The van der Waals surface area contributed by atoms with Crippen molar-refractivity contribution in [3.63, 3.8) is 0 Å². The number of benzene rings is 3. The summed E-state index contributed by atoms with van der Waals surface area (Å²) >= 11 is 0. The summed E-state index contributed by atoms with van der Waals surface area (Å²) in [6, 6.07) is 18.5. The number of para-hydroxylation sites is 1. The fourth-order valence-electron chi connectivity index (χ4n) is 3.21. The van der Waals surface area contributed by atoms with E-state index in [1.807, 2.05) is 0 Å². The van der Waals surface area contributed by atoms with E-state index in [4.69, 9.17) is 9.47 Å².